The van der Waals surface area contributed by atoms with Crippen molar-refractivity contribution in [1.29, 1.82) is 0 Å². The van der Waals surface area contributed by atoms with Crippen molar-refractivity contribution in [3.63, 3.8) is 0 Å². The first-order valence-electron chi connectivity index (χ1n) is 5.70. The van der Waals surface area contributed by atoms with Crippen molar-refractivity contribution in [2.75, 3.05) is 13.7 Å². The van der Waals surface area contributed by atoms with Gasteiger partial charge in [0, 0.05) is 13.5 Å². The SMILES string of the molecule is COCC(O)(Cc1ccc(F)c(Br)c1)C1CC1. The summed E-state index contributed by atoms with van der Waals surface area (Å²) in [6.07, 6.45) is 2.59. The van der Waals surface area contributed by atoms with Crippen molar-refractivity contribution < 1.29 is 14.2 Å². The van der Waals surface area contributed by atoms with Gasteiger partial charge in [0.25, 0.3) is 0 Å². The Morgan fingerprint density at radius 1 is 1.53 bits per heavy atom. The fourth-order valence-corrected chi connectivity index (χ4v) is 2.61. The third-order valence-electron chi connectivity index (χ3n) is 3.23. The zero-order chi connectivity index (χ0) is 12.5. The predicted molar refractivity (Wildman–Crippen MR) is 67.4 cm³/mol. The maximum Gasteiger partial charge on any atom is 0.137 e. The molecule has 0 heterocycles. The van der Waals surface area contributed by atoms with E-state index in [9.17, 15) is 9.50 Å². The smallest absolute Gasteiger partial charge is 0.137 e. The lowest BCUT2D eigenvalue weighted by Crippen LogP contribution is -2.39. The number of hydrogen-bond acceptors (Lipinski definition) is 2. The molecule has 0 amide bonds. The first kappa shape index (κ1) is 13.0. The molecule has 17 heavy (non-hydrogen) atoms. The van der Waals surface area contributed by atoms with Crippen LogP contribution in [0.15, 0.2) is 22.7 Å². The molecular formula is C13H16BrFO2. The fraction of sp³-hybridized carbons (Fsp3) is 0.538. The molecule has 1 aromatic carbocycles. The topological polar surface area (TPSA) is 29.5 Å². The largest absolute Gasteiger partial charge is 0.387 e. The number of hydrogen-bond donors (Lipinski definition) is 1. The Balaban J connectivity index is 2.14. The summed E-state index contributed by atoms with van der Waals surface area (Å²) in [5, 5.41) is 10.5. The monoisotopic (exact) mass is 302 g/mol. The summed E-state index contributed by atoms with van der Waals surface area (Å²) in [6, 6.07) is 4.85. The van der Waals surface area contributed by atoms with Crippen LogP contribution < -0.4 is 0 Å². The molecule has 94 valence electrons. The molecule has 1 atom stereocenters. The normalized spacial score (nSPS) is 19.1. The predicted octanol–water partition coefficient (Wildman–Crippen LogP) is 2.92. The average molecular weight is 303 g/mol. The molecule has 1 unspecified atom stereocenters. The minimum absolute atomic E-state index is 0.282. The van der Waals surface area contributed by atoms with Gasteiger partial charge in [0.2, 0.25) is 0 Å². The van der Waals surface area contributed by atoms with Gasteiger partial charge < -0.3 is 9.84 Å². The second-order valence-electron chi connectivity index (χ2n) is 4.74. The quantitative estimate of drug-likeness (QED) is 0.906. The molecular weight excluding hydrogens is 287 g/mol. The van der Waals surface area contributed by atoms with Crippen LogP contribution in [-0.4, -0.2) is 24.4 Å². The van der Waals surface area contributed by atoms with E-state index in [4.69, 9.17) is 4.74 Å². The van der Waals surface area contributed by atoms with Crippen LogP contribution in [-0.2, 0) is 11.2 Å². The highest BCUT2D eigenvalue weighted by atomic mass is 79.9. The van der Waals surface area contributed by atoms with Crippen LogP contribution in [0.2, 0.25) is 0 Å². The third kappa shape index (κ3) is 3.06. The molecule has 2 rings (SSSR count). The van der Waals surface area contributed by atoms with E-state index >= 15 is 0 Å². The van der Waals surface area contributed by atoms with Crippen molar-refractivity contribution in [1.82, 2.24) is 0 Å². The van der Waals surface area contributed by atoms with Gasteiger partial charge in [0.15, 0.2) is 0 Å². The molecule has 4 heteroatoms. The third-order valence-corrected chi connectivity index (χ3v) is 3.83. The molecule has 0 spiro atoms. The lowest BCUT2D eigenvalue weighted by atomic mass is 9.90. The van der Waals surface area contributed by atoms with Crippen LogP contribution >= 0.6 is 15.9 Å². The van der Waals surface area contributed by atoms with Gasteiger partial charge in [-0.2, -0.15) is 0 Å². The summed E-state index contributed by atoms with van der Waals surface area (Å²) in [5.74, 6) is 0.0294. The summed E-state index contributed by atoms with van der Waals surface area (Å²) in [5.41, 5.74) is 0.108. The summed E-state index contributed by atoms with van der Waals surface area (Å²) in [7, 11) is 1.59. The second kappa shape index (κ2) is 5.04. The van der Waals surface area contributed by atoms with Crippen molar-refractivity contribution in [2.45, 2.75) is 24.9 Å². The molecule has 0 radical (unpaired) electrons. The van der Waals surface area contributed by atoms with Gasteiger partial charge in [0.05, 0.1) is 16.7 Å². The zero-order valence-corrected chi connectivity index (χ0v) is 11.3. The van der Waals surface area contributed by atoms with Gasteiger partial charge in [-0.1, -0.05) is 6.07 Å². The van der Waals surface area contributed by atoms with E-state index < -0.39 is 5.60 Å². The Morgan fingerprint density at radius 3 is 2.76 bits per heavy atom. The lowest BCUT2D eigenvalue weighted by Gasteiger charge is -2.27. The van der Waals surface area contributed by atoms with E-state index in [0.29, 0.717) is 23.4 Å². The summed E-state index contributed by atoms with van der Waals surface area (Å²) >= 11 is 3.16. The summed E-state index contributed by atoms with van der Waals surface area (Å²) in [6.45, 7) is 0.326. The van der Waals surface area contributed by atoms with E-state index in [0.717, 1.165) is 18.4 Å². The van der Waals surface area contributed by atoms with Crippen molar-refractivity contribution >= 4 is 15.9 Å². The molecule has 2 nitrogen and oxygen atoms in total. The Labute approximate surface area is 109 Å². The number of benzene rings is 1. The Morgan fingerprint density at radius 2 is 2.24 bits per heavy atom. The molecule has 1 fully saturated rings. The number of aliphatic hydroxyl groups is 1. The van der Waals surface area contributed by atoms with Crippen molar-refractivity contribution in [2.24, 2.45) is 5.92 Å². The van der Waals surface area contributed by atoms with Crippen LogP contribution in [0.5, 0.6) is 0 Å². The van der Waals surface area contributed by atoms with Gasteiger partial charge in [-0.25, -0.2) is 4.39 Å². The van der Waals surface area contributed by atoms with E-state index in [-0.39, 0.29) is 5.82 Å². The standard InChI is InChI=1S/C13H16BrFO2/c1-17-8-13(16,10-3-4-10)7-9-2-5-12(15)11(14)6-9/h2,5-6,10,16H,3-4,7-8H2,1H3. The fourth-order valence-electron chi connectivity index (χ4n) is 2.19. The molecule has 1 saturated carbocycles. The van der Waals surface area contributed by atoms with E-state index in [1.54, 1.807) is 19.2 Å². The Bertz CT molecular complexity index is 406. The van der Waals surface area contributed by atoms with E-state index in [1.807, 2.05) is 0 Å². The van der Waals surface area contributed by atoms with Gasteiger partial charge in [0.1, 0.15) is 5.82 Å². The molecule has 1 aliphatic rings. The van der Waals surface area contributed by atoms with Crippen LogP contribution in [0.25, 0.3) is 0 Å². The van der Waals surface area contributed by atoms with E-state index in [1.165, 1.54) is 6.07 Å². The highest BCUT2D eigenvalue weighted by molar-refractivity contribution is 9.10. The van der Waals surface area contributed by atoms with Crippen molar-refractivity contribution in [3.8, 4) is 0 Å². The molecule has 0 bridgehead atoms. The minimum atomic E-state index is -0.813. The molecule has 1 aromatic rings. The van der Waals surface area contributed by atoms with Crippen molar-refractivity contribution in [3.05, 3.63) is 34.1 Å². The van der Waals surface area contributed by atoms with Gasteiger partial charge in [-0.15, -0.1) is 0 Å². The molecule has 0 saturated heterocycles. The highest BCUT2D eigenvalue weighted by Gasteiger charge is 2.43. The van der Waals surface area contributed by atoms with Crippen LogP contribution in [0.4, 0.5) is 4.39 Å². The molecule has 1 aliphatic carbocycles. The average Bonchev–Trinajstić information content (AvgIpc) is 3.07. The van der Waals surface area contributed by atoms with E-state index in [2.05, 4.69) is 15.9 Å². The maximum absolute atomic E-state index is 13.1. The summed E-state index contributed by atoms with van der Waals surface area (Å²) in [4.78, 5) is 0. The van der Waals surface area contributed by atoms with Gasteiger partial charge in [-0.05, 0) is 52.4 Å². The number of ether oxygens (including phenoxy) is 1. The maximum atomic E-state index is 13.1. The van der Waals surface area contributed by atoms with Crippen LogP contribution in [0, 0.1) is 11.7 Å². The van der Waals surface area contributed by atoms with Crippen LogP contribution in [0.1, 0.15) is 18.4 Å². The Hall–Kier alpha value is -0.450. The second-order valence-corrected chi connectivity index (χ2v) is 5.59. The minimum Gasteiger partial charge on any atom is -0.387 e. The number of halogens is 2. The highest BCUT2D eigenvalue weighted by Crippen LogP contribution is 2.41. The molecule has 1 N–H and O–H groups in total. The molecule has 0 aromatic heterocycles. The van der Waals surface area contributed by atoms with Gasteiger partial charge in [-0.3, -0.25) is 0 Å². The van der Waals surface area contributed by atoms with Crippen LogP contribution in [0.3, 0.4) is 0 Å². The number of methoxy groups -OCH3 is 1. The van der Waals surface area contributed by atoms with Gasteiger partial charge >= 0.3 is 0 Å². The summed E-state index contributed by atoms with van der Waals surface area (Å²) < 4.78 is 18.7. The number of rotatable bonds is 5. The Kier molecular flexibility index (Phi) is 3.85. The first-order chi connectivity index (χ1) is 8.05. The zero-order valence-electron chi connectivity index (χ0n) is 9.75. The molecule has 0 aliphatic heterocycles. The lowest BCUT2D eigenvalue weighted by molar-refractivity contribution is -0.0474. The first-order valence-corrected chi connectivity index (χ1v) is 6.50.